The quantitative estimate of drug-likeness (QED) is 0.563. The standard InChI is InChI=1S/C19H14N2O2/c1-13-7-9-15(10-8-13)17-12-18(22)21-19(23-17)11-16(20-21)14-5-3-2-4-6-14/h2-12H,1H3. The van der Waals surface area contributed by atoms with Gasteiger partial charge < -0.3 is 4.42 Å². The lowest BCUT2D eigenvalue weighted by Gasteiger charge is -2.01. The molecule has 112 valence electrons. The van der Waals surface area contributed by atoms with E-state index < -0.39 is 0 Å². The minimum absolute atomic E-state index is 0.205. The summed E-state index contributed by atoms with van der Waals surface area (Å²) in [5.74, 6) is 0.544. The molecule has 23 heavy (non-hydrogen) atoms. The molecule has 0 amide bonds. The van der Waals surface area contributed by atoms with Gasteiger partial charge in [-0.15, -0.1) is 0 Å². The van der Waals surface area contributed by atoms with E-state index in [4.69, 9.17) is 4.42 Å². The Balaban J connectivity index is 1.87. The van der Waals surface area contributed by atoms with Crippen LogP contribution in [0, 0.1) is 6.92 Å². The normalized spacial score (nSPS) is 11.0. The van der Waals surface area contributed by atoms with Gasteiger partial charge in [0.2, 0.25) is 5.71 Å². The van der Waals surface area contributed by atoms with E-state index in [1.807, 2.05) is 61.5 Å². The first kappa shape index (κ1) is 13.5. The van der Waals surface area contributed by atoms with Crippen molar-refractivity contribution in [2.45, 2.75) is 6.92 Å². The van der Waals surface area contributed by atoms with Crippen LogP contribution in [0.15, 0.2) is 75.9 Å². The van der Waals surface area contributed by atoms with Gasteiger partial charge in [-0.25, -0.2) is 0 Å². The van der Waals surface area contributed by atoms with Crippen molar-refractivity contribution >= 4 is 5.71 Å². The van der Waals surface area contributed by atoms with Crippen molar-refractivity contribution in [1.82, 2.24) is 9.61 Å². The summed E-state index contributed by atoms with van der Waals surface area (Å²) in [4.78, 5) is 12.3. The molecule has 0 spiro atoms. The van der Waals surface area contributed by atoms with Gasteiger partial charge in [0.15, 0.2) is 0 Å². The maximum absolute atomic E-state index is 12.3. The van der Waals surface area contributed by atoms with Gasteiger partial charge in [-0.3, -0.25) is 4.79 Å². The smallest absolute Gasteiger partial charge is 0.277 e. The van der Waals surface area contributed by atoms with Crippen LogP contribution in [-0.4, -0.2) is 9.61 Å². The minimum atomic E-state index is -0.205. The van der Waals surface area contributed by atoms with Crippen molar-refractivity contribution in [3.05, 3.63) is 82.6 Å². The van der Waals surface area contributed by atoms with E-state index in [0.717, 1.165) is 16.7 Å². The van der Waals surface area contributed by atoms with E-state index in [-0.39, 0.29) is 5.56 Å². The zero-order valence-electron chi connectivity index (χ0n) is 12.6. The zero-order valence-corrected chi connectivity index (χ0v) is 12.6. The molecule has 0 aliphatic carbocycles. The maximum atomic E-state index is 12.3. The summed E-state index contributed by atoms with van der Waals surface area (Å²) in [7, 11) is 0. The highest BCUT2D eigenvalue weighted by molar-refractivity contribution is 5.64. The molecule has 0 aliphatic heterocycles. The molecule has 4 aromatic rings. The molecule has 0 unspecified atom stereocenters. The van der Waals surface area contributed by atoms with E-state index in [2.05, 4.69) is 5.10 Å². The first-order valence-electron chi connectivity index (χ1n) is 7.37. The number of hydrogen-bond acceptors (Lipinski definition) is 3. The summed E-state index contributed by atoms with van der Waals surface area (Å²) in [6.45, 7) is 2.02. The topological polar surface area (TPSA) is 47.5 Å². The van der Waals surface area contributed by atoms with Gasteiger partial charge in [-0.2, -0.15) is 9.61 Å². The van der Waals surface area contributed by atoms with Gasteiger partial charge in [0.25, 0.3) is 5.56 Å². The second kappa shape index (κ2) is 5.25. The number of benzene rings is 2. The highest BCUT2D eigenvalue weighted by atomic mass is 16.3. The molecule has 0 aliphatic rings. The third-order valence-corrected chi connectivity index (χ3v) is 3.76. The fourth-order valence-corrected chi connectivity index (χ4v) is 2.52. The zero-order chi connectivity index (χ0) is 15.8. The molecule has 0 bridgehead atoms. The molecule has 2 aromatic carbocycles. The molecular weight excluding hydrogens is 288 g/mol. The molecule has 4 nitrogen and oxygen atoms in total. The second-order valence-corrected chi connectivity index (χ2v) is 5.46. The van der Waals surface area contributed by atoms with Crippen molar-refractivity contribution in [2.75, 3.05) is 0 Å². The van der Waals surface area contributed by atoms with Gasteiger partial charge in [-0.05, 0) is 6.92 Å². The van der Waals surface area contributed by atoms with Crippen LogP contribution < -0.4 is 5.56 Å². The molecule has 2 aromatic heterocycles. The number of aromatic nitrogens is 2. The van der Waals surface area contributed by atoms with Crippen molar-refractivity contribution in [3.63, 3.8) is 0 Å². The van der Waals surface area contributed by atoms with E-state index in [0.29, 0.717) is 17.2 Å². The summed E-state index contributed by atoms with van der Waals surface area (Å²) >= 11 is 0. The SMILES string of the molecule is Cc1ccc(-c2cc(=O)n3nc(-c4ccccc4)cc3o2)cc1. The summed E-state index contributed by atoms with van der Waals surface area (Å²) in [5, 5.41) is 4.34. The van der Waals surface area contributed by atoms with Crippen molar-refractivity contribution in [2.24, 2.45) is 0 Å². The van der Waals surface area contributed by atoms with Crippen LogP contribution in [0.25, 0.3) is 28.3 Å². The molecule has 0 atom stereocenters. The van der Waals surface area contributed by atoms with Crippen LogP contribution in [-0.2, 0) is 0 Å². The molecule has 4 rings (SSSR count). The fraction of sp³-hybridized carbons (Fsp3) is 0.0526. The van der Waals surface area contributed by atoms with E-state index in [1.54, 1.807) is 6.07 Å². The Morgan fingerprint density at radius 1 is 0.913 bits per heavy atom. The van der Waals surface area contributed by atoms with Crippen molar-refractivity contribution < 1.29 is 4.42 Å². The highest BCUT2D eigenvalue weighted by Gasteiger charge is 2.11. The second-order valence-electron chi connectivity index (χ2n) is 5.46. The first-order valence-corrected chi connectivity index (χ1v) is 7.37. The maximum Gasteiger partial charge on any atom is 0.277 e. The average molecular weight is 302 g/mol. The summed E-state index contributed by atoms with van der Waals surface area (Å²) in [6.07, 6.45) is 0. The predicted molar refractivity (Wildman–Crippen MR) is 89.3 cm³/mol. The van der Waals surface area contributed by atoms with Crippen molar-refractivity contribution in [1.29, 1.82) is 0 Å². The Labute approximate surface area is 132 Å². The Hall–Kier alpha value is -3.14. The van der Waals surface area contributed by atoms with Gasteiger partial charge in [0, 0.05) is 23.3 Å². The fourth-order valence-electron chi connectivity index (χ4n) is 2.52. The Kier molecular flexibility index (Phi) is 3.08. The van der Waals surface area contributed by atoms with Crippen LogP contribution in [0.2, 0.25) is 0 Å². The highest BCUT2D eigenvalue weighted by Crippen LogP contribution is 2.23. The Morgan fingerprint density at radius 3 is 2.39 bits per heavy atom. The molecule has 0 N–H and O–H groups in total. The monoisotopic (exact) mass is 302 g/mol. The first-order chi connectivity index (χ1) is 11.2. The predicted octanol–water partition coefficient (Wildman–Crippen LogP) is 3.93. The number of rotatable bonds is 2. The minimum Gasteiger partial charge on any atom is -0.438 e. The number of nitrogens with zero attached hydrogens (tertiary/aromatic N) is 2. The average Bonchev–Trinajstić information content (AvgIpc) is 3.01. The van der Waals surface area contributed by atoms with Crippen LogP contribution in [0.5, 0.6) is 0 Å². The van der Waals surface area contributed by atoms with Crippen LogP contribution in [0.4, 0.5) is 0 Å². The number of hydrogen-bond donors (Lipinski definition) is 0. The number of fused-ring (bicyclic) bond motifs is 1. The molecule has 0 fully saturated rings. The third kappa shape index (κ3) is 2.44. The van der Waals surface area contributed by atoms with Gasteiger partial charge in [0.1, 0.15) is 5.76 Å². The lowest BCUT2D eigenvalue weighted by Crippen LogP contribution is -2.12. The largest absolute Gasteiger partial charge is 0.438 e. The van der Waals surface area contributed by atoms with E-state index >= 15 is 0 Å². The van der Waals surface area contributed by atoms with E-state index in [9.17, 15) is 4.79 Å². The van der Waals surface area contributed by atoms with Gasteiger partial charge in [-0.1, -0.05) is 60.2 Å². The molecule has 0 saturated heterocycles. The third-order valence-electron chi connectivity index (χ3n) is 3.76. The summed E-state index contributed by atoms with van der Waals surface area (Å²) < 4.78 is 7.16. The Bertz CT molecular complexity index is 1030. The number of aryl methyl sites for hydroxylation is 1. The van der Waals surface area contributed by atoms with Crippen LogP contribution in [0.3, 0.4) is 0 Å². The summed E-state index contributed by atoms with van der Waals surface area (Å²) in [5.41, 5.74) is 3.93. The van der Waals surface area contributed by atoms with Gasteiger partial charge in [0.05, 0.1) is 5.69 Å². The molecule has 0 radical (unpaired) electrons. The van der Waals surface area contributed by atoms with Gasteiger partial charge >= 0.3 is 0 Å². The molecule has 2 heterocycles. The van der Waals surface area contributed by atoms with E-state index in [1.165, 1.54) is 10.6 Å². The summed E-state index contributed by atoms with van der Waals surface area (Å²) in [6, 6.07) is 20.8. The molecule has 4 heteroatoms. The molecular formula is C19H14N2O2. The Morgan fingerprint density at radius 2 is 1.65 bits per heavy atom. The van der Waals surface area contributed by atoms with Crippen molar-refractivity contribution in [3.8, 4) is 22.6 Å². The van der Waals surface area contributed by atoms with Crippen LogP contribution >= 0.6 is 0 Å². The lowest BCUT2D eigenvalue weighted by molar-refractivity contribution is 0.577. The lowest BCUT2D eigenvalue weighted by atomic mass is 10.1. The molecule has 0 saturated carbocycles. The van der Waals surface area contributed by atoms with Crippen LogP contribution in [0.1, 0.15) is 5.56 Å².